The molecule has 0 saturated heterocycles. The summed E-state index contributed by atoms with van der Waals surface area (Å²) in [5.74, 6) is -0.525. The van der Waals surface area contributed by atoms with Gasteiger partial charge in [0, 0.05) is 25.9 Å². The van der Waals surface area contributed by atoms with E-state index in [-0.39, 0.29) is 4.90 Å². The van der Waals surface area contributed by atoms with E-state index in [0.29, 0.717) is 25.3 Å². The Bertz CT molecular complexity index is 557. The number of sulfone groups is 1. The molecule has 3 N–H and O–H groups in total. The van der Waals surface area contributed by atoms with Crippen molar-refractivity contribution in [3.63, 3.8) is 0 Å². The highest BCUT2D eigenvalue weighted by molar-refractivity contribution is 7.92. The van der Waals surface area contributed by atoms with Gasteiger partial charge >= 0.3 is 0 Å². The van der Waals surface area contributed by atoms with E-state index in [1.807, 2.05) is 0 Å². The minimum Gasteiger partial charge on any atom is -0.399 e. The molecule has 1 atom stereocenters. The summed E-state index contributed by atoms with van der Waals surface area (Å²) >= 11 is 0. The van der Waals surface area contributed by atoms with Crippen LogP contribution < -0.4 is 11.1 Å². The minimum atomic E-state index is -3.73. The second kappa shape index (κ2) is 7.25. The van der Waals surface area contributed by atoms with E-state index in [4.69, 9.17) is 10.5 Å². The molecule has 0 aromatic heterocycles. The van der Waals surface area contributed by atoms with Gasteiger partial charge in [0.2, 0.25) is 5.91 Å². The molecule has 0 aliphatic carbocycles. The molecule has 0 spiro atoms. The molecular weight excluding hydrogens is 280 g/mol. The number of hydrogen-bond acceptors (Lipinski definition) is 5. The van der Waals surface area contributed by atoms with Crippen molar-refractivity contribution < 1.29 is 17.9 Å². The van der Waals surface area contributed by atoms with E-state index in [1.165, 1.54) is 19.1 Å². The molecule has 1 aromatic rings. The van der Waals surface area contributed by atoms with Crippen LogP contribution in [0.25, 0.3) is 0 Å². The van der Waals surface area contributed by atoms with Gasteiger partial charge in [-0.25, -0.2) is 8.42 Å². The molecule has 0 saturated carbocycles. The van der Waals surface area contributed by atoms with Gasteiger partial charge in [0.05, 0.1) is 4.90 Å². The Morgan fingerprint density at radius 1 is 1.45 bits per heavy atom. The maximum Gasteiger partial charge on any atom is 0.238 e. The molecule has 0 aliphatic heterocycles. The molecule has 20 heavy (non-hydrogen) atoms. The smallest absolute Gasteiger partial charge is 0.238 e. The van der Waals surface area contributed by atoms with Gasteiger partial charge in [0.25, 0.3) is 0 Å². The summed E-state index contributed by atoms with van der Waals surface area (Å²) in [5, 5.41) is 1.42. The van der Waals surface area contributed by atoms with E-state index >= 15 is 0 Å². The largest absolute Gasteiger partial charge is 0.399 e. The zero-order chi connectivity index (χ0) is 15.2. The molecule has 1 amide bonds. The first-order valence-electron chi connectivity index (χ1n) is 6.25. The number of hydrogen-bond donors (Lipinski definition) is 2. The topological polar surface area (TPSA) is 98.5 Å². The number of nitrogen functional groups attached to an aromatic ring is 1. The van der Waals surface area contributed by atoms with Gasteiger partial charge in [-0.1, -0.05) is 6.07 Å². The predicted octanol–water partition coefficient (Wildman–Crippen LogP) is 0.584. The van der Waals surface area contributed by atoms with Crippen molar-refractivity contribution >= 4 is 21.4 Å². The SMILES string of the molecule is COCCCNC(=O)C(C)S(=O)(=O)c1cccc(N)c1. The lowest BCUT2D eigenvalue weighted by molar-refractivity contribution is -0.120. The summed E-state index contributed by atoms with van der Waals surface area (Å²) in [6.07, 6.45) is 0.632. The van der Waals surface area contributed by atoms with Crippen LogP contribution in [0.5, 0.6) is 0 Å². The summed E-state index contributed by atoms with van der Waals surface area (Å²) in [4.78, 5) is 11.9. The van der Waals surface area contributed by atoms with Gasteiger partial charge in [-0.2, -0.15) is 0 Å². The van der Waals surface area contributed by atoms with E-state index in [9.17, 15) is 13.2 Å². The Kier molecular flexibility index (Phi) is 5.97. The monoisotopic (exact) mass is 300 g/mol. The molecule has 6 nitrogen and oxygen atoms in total. The Balaban J connectivity index is 2.74. The van der Waals surface area contributed by atoms with Crippen LogP contribution >= 0.6 is 0 Å². The van der Waals surface area contributed by atoms with E-state index < -0.39 is 21.0 Å². The molecular formula is C13H20N2O4S. The van der Waals surface area contributed by atoms with Crippen LogP contribution in [0.15, 0.2) is 29.2 Å². The summed E-state index contributed by atoms with van der Waals surface area (Å²) in [6, 6.07) is 5.92. The fraction of sp³-hybridized carbons (Fsp3) is 0.462. The van der Waals surface area contributed by atoms with Crippen molar-refractivity contribution in [1.29, 1.82) is 0 Å². The van der Waals surface area contributed by atoms with E-state index in [2.05, 4.69) is 5.32 Å². The minimum absolute atomic E-state index is 0.0528. The third kappa shape index (κ3) is 4.21. The lowest BCUT2D eigenvalue weighted by Gasteiger charge is -2.13. The Labute approximate surface area is 119 Å². The number of carbonyl (C=O) groups is 1. The highest BCUT2D eigenvalue weighted by atomic mass is 32.2. The first-order chi connectivity index (χ1) is 9.39. The quantitative estimate of drug-likeness (QED) is 0.567. The highest BCUT2D eigenvalue weighted by Gasteiger charge is 2.29. The van der Waals surface area contributed by atoms with Gasteiger partial charge in [-0.05, 0) is 31.5 Å². The van der Waals surface area contributed by atoms with Crippen molar-refractivity contribution in [3.8, 4) is 0 Å². The molecule has 1 rings (SSSR count). The van der Waals surface area contributed by atoms with Crippen LogP contribution in [0.3, 0.4) is 0 Å². The predicted molar refractivity (Wildman–Crippen MR) is 77.0 cm³/mol. The molecule has 1 unspecified atom stereocenters. The number of benzene rings is 1. The number of nitrogens with one attached hydrogen (secondary N) is 1. The third-order valence-electron chi connectivity index (χ3n) is 2.85. The summed E-state index contributed by atoms with van der Waals surface area (Å²) in [7, 11) is -2.16. The normalized spacial score (nSPS) is 12.9. The maximum absolute atomic E-state index is 12.3. The van der Waals surface area contributed by atoms with Crippen LogP contribution in [0.2, 0.25) is 0 Å². The van der Waals surface area contributed by atoms with E-state index in [1.54, 1.807) is 19.2 Å². The molecule has 0 heterocycles. The molecule has 0 aliphatic rings. The fourth-order valence-electron chi connectivity index (χ4n) is 1.61. The van der Waals surface area contributed by atoms with Crippen molar-refractivity contribution in [1.82, 2.24) is 5.32 Å². The fourth-order valence-corrected chi connectivity index (χ4v) is 2.95. The third-order valence-corrected chi connectivity index (χ3v) is 4.90. The van der Waals surface area contributed by atoms with Crippen LogP contribution in [-0.2, 0) is 19.4 Å². The van der Waals surface area contributed by atoms with Gasteiger partial charge in [0.1, 0.15) is 5.25 Å². The molecule has 1 aromatic carbocycles. The number of carbonyl (C=O) groups excluding carboxylic acids is 1. The second-order valence-electron chi connectivity index (χ2n) is 4.40. The van der Waals surface area contributed by atoms with Crippen molar-refractivity contribution in [2.75, 3.05) is 26.0 Å². The van der Waals surface area contributed by atoms with Crippen molar-refractivity contribution in [3.05, 3.63) is 24.3 Å². The van der Waals surface area contributed by atoms with Crippen LogP contribution in [0.1, 0.15) is 13.3 Å². The summed E-state index contributed by atoms with van der Waals surface area (Å²) in [5.41, 5.74) is 5.91. The highest BCUT2D eigenvalue weighted by Crippen LogP contribution is 2.18. The zero-order valence-corrected chi connectivity index (χ0v) is 12.4. The van der Waals surface area contributed by atoms with Gasteiger partial charge < -0.3 is 15.8 Å². The van der Waals surface area contributed by atoms with Crippen LogP contribution in [-0.4, -0.2) is 39.8 Å². The number of ether oxygens (including phenoxy) is 1. The Morgan fingerprint density at radius 3 is 2.75 bits per heavy atom. The first-order valence-corrected chi connectivity index (χ1v) is 7.80. The van der Waals surface area contributed by atoms with Crippen LogP contribution in [0.4, 0.5) is 5.69 Å². The second-order valence-corrected chi connectivity index (χ2v) is 6.67. The van der Waals surface area contributed by atoms with Gasteiger partial charge in [-0.3, -0.25) is 4.79 Å². The molecule has 7 heteroatoms. The van der Waals surface area contributed by atoms with E-state index in [0.717, 1.165) is 0 Å². The maximum atomic E-state index is 12.3. The first kappa shape index (κ1) is 16.5. The zero-order valence-electron chi connectivity index (χ0n) is 11.6. The molecule has 0 radical (unpaired) electrons. The lowest BCUT2D eigenvalue weighted by Crippen LogP contribution is -2.38. The number of nitrogens with two attached hydrogens (primary N) is 1. The summed E-state index contributed by atoms with van der Waals surface area (Å²) < 4.78 is 29.4. The number of amides is 1. The van der Waals surface area contributed by atoms with Gasteiger partial charge in [-0.15, -0.1) is 0 Å². The van der Waals surface area contributed by atoms with Crippen LogP contribution in [0, 0.1) is 0 Å². The standard InChI is InChI=1S/C13H20N2O4S/c1-10(13(16)15-7-4-8-19-2)20(17,18)12-6-3-5-11(14)9-12/h3,5-6,9-10H,4,7-8,14H2,1-2H3,(H,15,16). The molecule has 112 valence electrons. The average Bonchev–Trinajstić information content (AvgIpc) is 2.42. The number of anilines is 1. The molecule has 0 fully saturated rings. The molecule has 0 bridgehead atoms. The Morgan fingerprint density at radius 2 is 2.15 bits per heavy atom. The number of rotatable bonds is 7. The number of methoxy groups -OCH3 is 1. The summed E-state index contributed by atoms with van der Waals surface area (Å²) in [6.45, 7) is 2.25. The van der Waals surface area contributed by atoms with Crippen molar-refractivity contribution in [2.45, 2.75) is 23.5 Å². The average molecular weight is 300 g/mol. The van der Waals surface area contributed by atoms with Gasteiger partial charge in [0.15, 0.2) is 9.84 Å². The Hall–Kier alpha value is -1.60. The lowest BCUT2D eigenvalue weighted by atomic mass is 10.3. The van der Waals surface area contributed by atoms with Crippen molar-refractivity contribution in [2.24, 2.45) is 0 Å².